The highest BCUT2D eigenvalue weighted by molar-refractivity contribution is 5.93. The Morgan fingerprint density at radius 1 is 1.14 bits per heavy atom. The molecule has 3 aliphatic carbocycles. The number of hydrogen-bond donors (Lipinski definition) is 0. The molecule has 2 spiro atoms. The summed E-state index contributed by atoms with van der Waals surface area (Å²) in [5.74, 6) is -0.738. The molecule has 28 heavy (non-hydrogen) atoms. The van der Waals surface area contributed by atoms with E-state index in [-0.39, 0.29) is 52.6 Å². The number of ether oxygens (including phenoxy) is 4. The van der Waals surface area contributed by atoms with Gasteiger partial charge in [-0.2, -0.15) is 0 Å². The van der Waals surface area contributed by atoms with E-state index >= 15 is 0 Å². The third-order valence-corrected chi connectivity index (χ3v) is 9.08. The van der Waals surface area contributed by atoms with Crippen LogP contribution in [0.3, 0.4) is 0 Å². The van der Waals surface area contributed by atoms with Crippen LogP contribution in [0.1, 0.15) is 60.3 Å². The van der Waals surface area contributed by atoms with Crippen molar-refractivity contribution in [3.05, 3.63) is 11.1 Å². The number of epoxide rings is 2. The third-order valence-electron chi connectivity index (χ3n) is 9.08. The monoisotopic (exact) mass is 388 g/mol. The summed E-state index contributed by atoms with van der Waals surface area (Å²) in [5, 5.41) is 0. The third kappa shape index (κ3) is 1.71. The summed E-state index contributed by atoms with van der Waals surface area (Å²) >= 11 is 0. The summed E-state index contributed by atoms with van der Waals surface area (Å²) in [7, 11) is 0. The molecule has 3 aliphatic heterocycles. The second-order valence-corrected chi connectivity index (χ2v) is 10.6. The lowest BCUT2D eigenvalue weighted by Crippen LogP contribution is -2.62. The largest absolute Gasteiger partial charge is 0.462 e. The van der Waals surface area contributed by atoms with Crippen molar-refractivity contribution in [2.24, 2.45) is 22.7 Å². The Labute approximate surface area is 164 Å². The van der Waals surface area contributed by atoms with E-state index in [4.69, 9.17) is 18.9 Å². The molecule has 6 nitrogen and oxygen atoms in total. The molecule has 3 heterocycles. The average Bonchev–Trinajstić information content (AvgIpc) is 3.45. The first-order valence-corrected chi connectivity index (χ1v) is 10.6. The van der Waals surface area contributed by atoms with Crippen molar-refractivity contribution in [2.75, 3.05) is 0 Å². The zero-order chi connectivity index (χ0) is 19.9. The maximum atomic E-state index is 12.3. The maximum absolute atomic E-state index is 12.3. The molecule has 0 bridgehead atoms. The van der Waals surface area contributed by atoms with Gasteiger partial charge in [0.25, 0.3) is 5.79 Å². The Morgan fingerprint density at radius 3 is 2.61 bits per heavy atom. The standard InChI is InChI=1S/C22H28O6/c1-10-14-16-21(26-16)9-6-12-19(3,4)13(25-11(2)23)7-8-20(12,5)15(21)17-22(14,27-17)28-18(10)24/h12-13,15-17H,6-9H2,1-5H3/t12-,13?,15+,16?,17?,20-,21+,22+/m1/s1. The molecule has 0 aromatic carbocycles. The summed E-state index contributed by atoms with van der Waals surface area (Å²) in [6.45, 7) is 10.2. The minimum atomic E-state index is -0.863. The van der Waals surface area contributed by atoms with Crippen LogP contribution in [0.4, 0.5) is 0 Å². The van der Waals surface area contributed by atoms with Gasteiger partial charge in [-0.15, -0.1) is 0 Å². The lowest BCUT2D eigenvalue weighted by Gasteiger charge is -2.61. The van der Waals surface area contributed by atoms with Gasteiger partial charge in [-0.25, -0.2) is 4.79 Å². The molecule has 3 saturated carbocycles. The van der Waals surface area contributed by atoms with Gasteiger partial charge in [-0.1, -0.05) is 20.8 Å². The van der Waals surface area contributed by atoms with E-state index < -0.39 is 5.79 Å². The molecular formula is C22H28O6. The van der Waals surface area contributed by atoms with Gasteiger partial charge in [0.2, 0.25) is 0 Å². The number of carbonyl (C=O) groups excluding carboxylic acids is 2. The first-order valence-electron chi connectivity index (χ1n) is 10.6. The summed E-state index contributed by atoms with van der Waals surface area (Å²) in [5.41, 5.74) is 1.29. The van der Waals surface area contributed by atoms with E-state index in [1.54, 1.807) is 0 Å². The fraction of sp³-hybridized carbons (Fsp3) is 0.818. The Bertz CT molecular complexity index is 859. The normalized spacial score (nSPS) is 54.5. The molecule has 0 aromatic heterocycles. The van der Waals surface area contributed by atoms with Crippen molar-refractivity contribution in [1.29, 1.82) is 0 Å². The van der Waals surface area contributed by atoms with Crippen LogP contribution in [0, 0.1) is 22.7 Å². The van der Waals surface area contributed by atoms with E-state index in [0.29, 0.717) is 11.5 Å². The van der Waals surface area contributed by atoms with Gasteiger partial charge >= 0.3 is 11.9 Å². The minimum absolute atomic E-state index is 0.00422. The van der Waals surface area contributed by atoms with Crippen LogP contribution in [0.25, 0.3) is 0 Å². The number of esters is 2. The predicted molar refractivity (Wildman–Crippen MR) is 96.9 cm³/mol. The number of carbonyl (C=O) groups is 2. The molecule has 6 heteroatoms. The molecule has 0 amide bonds. The fourth-order valence-electron chi connectivity index (χ4n) is 7.91. The Morgan fingerprint density at radius 2 is 1.89 bits per heavy atom. The summed E-state index contributed by atoms with van der Waals surface area (Å²) in [6, 6.07) is 0. The van der Waals surface area contributed by atoms with Gasteiger partial charge in [0.15, 0.2) is 0 Å². The molecule has 6 aliphatic rings. The molecule has 0 aromatic rings. The van der Waals surface area contributed by atoms with E-state index in [9.17, 15) is 9.59 Å². The topological polar surface area (TPSA) is 77.7 Å². The van der Waals surface area contributed by atoms with Gasteiger partial charge in [-0.3, -0.25) is 4.79 Å². The number of hydrogen-bond acceptors (Lipinski definition) is 6. The van der Waals surface area contributed by atoms with Gasteiger partial charge < -0.3 is 18.9 Å². The number of fused-ring (bicyclic) bond motifs is 4. The van der Waals surface area contributed by atoms with E-state index in [2.05, 4.69) is 20.8 Å². The molecule has 8 atom stereocenters. The molecule has 5 fully saturated rings. The second-order valence-electron chi connectivity index (χ2n) is 10.6. The SMILES string of the molecule is CC(=O)OC1CC[C@]2(C)[C@H](CC[C@@]34OC3C3=C(C)C(=O)O[C@@]35OC5[C@@H]24)C1(C)C. The van der Waals surface area contributed by atoms with E-state index in [1.807, 2.05) is 6.92 Å². The molecule has 2 saturated heterocycles. The van der Waals surface area contributed by atoms with Crippen molar-refractivity contribution < 1.29 is 28.5 Å². The molecule has 0 N–H and O–H groups in total. The summed E-state index contributed by atoms with van der Waals surface area (Å²) in [4.78, 5) is 23.9. The fourth-order valence-corrected chi connectivity index (χ4v) is 7.91. The van der Waals surface area contributed by atoms with Gasteiger partial charge in [-0.05, 0) is 43.9 Å². The average molecular weight is 388 g/mol. The zero-order valence-electron chi connectivity index (χ0n) is 17.2. The van der Waals surface area contributed by atoms with Crippen LogP contribution >= 0.6 is 0 Å². The van der Waals surface area contributed by atoms with E-state index in [0.717, 1.165) is 31.3 Å². The van der Waals surface area contributed by atoms with Crippen LogP contribution in [-0.2, 0) is 28.5 Å². The Balaban J connectivity index is 1.40. The van der Waals surface area contributed by atoms with Crippen LogP contribution in [-0.4, -0.2) is 41.6 Å². The van der Waals surface area contributed by atoms with Crippen LogP contribution in [0.5, 0.6) is 0 Å². The van der Waals surface area contributed by atoms with Gasteiger partial charge in [0.1, 0.15) is 23.9 Å². The Kier molecular flexibility index (Phi) is 2.91. The van der Waals surface area contributed by atoms with Gasteiger partial charge in [0.05, 0.1) is 0 Å². The van der Waals surface area contributed by atoms with Crippen LogP contribution in [0.2, 0.25) is 0 Å². The van der Waals surface area contributed by atoms with Gasteiger partial charge in [0, 0.05) is 29.4 Å². The predicted octanol–water partition coefficient (Wildman–Crippen LogP) is 2.89. The van der Waals surface area contributed by atoms with Crippen LogP contribution in [0.15, 0.2) is 11.1 Å². The molecule has 152 valence electrons. The lowest BCUT2D eigenvalue weighted by atomic mass is 9.43. The highest BCUT2D eigenvalue weighted by Crippen LogP contribution is 2.78. The molecule has 3 unspecified atom stereocenters. The highest BCUT2D eigenvalue weighted by atomic mass is 16.8. The first kappa shape index (κ1) is 17.5. The molecule has 0 radical (unpaired) electrons. The molecular weight excluding hydrogens is 360 g/mol. The zero-order valence-corrected chi connectivity index (χ0v) is 17.2. The Hall–Kier alpha value is -1.40. The summed E-state index contributed by atoms with van der Waals surface area (Å²) in [6.07, 6.45) is 3.58. The van der Waals surface area contributed by atoms with Crippen molar-refractivity contribution in [3.63, 3.8) is 0 Å². The van der Waals surface area contributed by atoms with Crippen molar-refractivity contribution in [3.8, 4) is 0 Å². The second kappa shape index (κ2) is 4.67. The van der Waals surface area contributed by atoms with Crippen molar-refractivity contribution >= 4 is 11.9 Å². The van der Waals surface area contributed by atoms with Crippen molar-refractivity contribution in [2.45, 2.75) is 90.0 Å². The van der Waals surface area contributed by atoms with E-state index in [1.165, 1.54) is 6.92 Å². The quantitative estimate of drug-likeness (QED) is 0.508. The highest BCUT2D eigenvalue weighted by Gasteiger charge is 2.88. The number of rotatable bonds is 1. The maximum Gasteiger partial charge on any atom is 0.336 e. The summed E-state index contributed by atoms with van der Waals surface area (Å²) < 4.78 is 24.1. The van der Waals surface area contributed by atoms with Crippen LogP contribution < -0.4 is 0 Å². The lowest BCUT2D eigenvalue weighted by molar-refractivity contribution is -0.186. The van der Waals surface area contributed by atoms with Crippen molar-refractivity contribution in [1.82, 2.24) is 0 Å². The first-order chi connectivity index (χ1) is 13.1. The minimum Gasteiger partial charge on any atom is -0.462 e. The smallest absolute Gasteiger partial charge is 0.336 e. The molecule has 6 rings (SSSR count).